The van der Waals surface area contributed by atoms with E-state index < -0.39 is 0 Å². The number of hydrogen-bond donors (Lipinski definition) is 2. The zero-order valence-electron chi connectivity index (χ0n) is 23.5. The number of benzene rings is 2. The second-order valence-electron chi connectivity index (χ2n) is 11.9. The van der Waals surface area contributed by atoms with Gasteiger partial charge in [0.1, 0.15) is 5.75 Å². The number of aromatic nitrogens is 1. The van der Waals surface area contributed by atoms with E-state index in [-0.39, 0.29) is 5.41 Å². The molecule has 2 aromatic carbocycles. The van der Waals surface area contributed by atoms with E-state index >= 15 is 0 Å². The molecule has 1 aliphatic heterocycles. The molecule has 0 amide bonds. The molecule has 1 saturated carbocycles. The molecule has 5 rings (SSSR count). The van der Waals surface area contributed by atoms with E-state index in [4.69, 9.17) is 4.74 Å². The van der Waals surface area contributed by atoms with Crippen LogP contribution in [0.4, 0.5) is 5.13 Å². The van der Waals surface area contributed by atoms with E-state index in [0.717, 1.165) is 36.9 Å². The third-order valence-electron chi connectivity index (χ3n) is 8.48. The second-order valence-corrected chi connectivity index (χ2v) is 12.8. The molecule has 2 fully saturated rings. The van der Waals surface area contributed by atoms with Crippen LogP contribution in [0.5, 0.6) is 5.75 Å². The number of unbranched alkanes of at least 4 members (excludes halogenated alkanes) is 1. The van der Waals surface area contributed by atoms with Gasteiger partial charge < -0.3 is 15.4 Å². The Hall–Kier alpha value is -2.41. The Labute approximate surface area is 233 Å². The van der Waals surface area contributed by atoms with Crippen LogP contribution in [-0.2, 0) is 12.0 Å². The van der Waals surface area contributed by atoms with Crippen molar-refractivity contribution >= 4 is 16.5 Å². The molecular weight excluding hydrogens is 488 g/mol. The van der Waals surface area contributed by atoms with Gasteiger partial charge in [-0.3, -0.25) is 4.90 Å². The number of nitrogens with one attached hydrogen (secondary N) is 2. The Morgan fingerprint density at radius 1 is 1.08 bits per heavy atom. The number of nitrogens with zero attached hydrogens (tertiary/aromatic N) is 2. The average molecular weight is 533 g/mol. The molecule has 38 heavy (non-hydrogen) atoms. The number of hydrogen-bond acceptors (Lipinski definition) is 6. The van der Waals surface area contributed by atoms with Crippen molar-refractivity contribution in [3.63, 3.8) is 0 Å². The molecule has 2 aliphatic rings. The van der Waals surface area contributed by atoms with Crippen molar-refractivity contribution in [1.82, 2.24) is 15.2 Å². The highest BCUT2D eigenvalue weighted by Gasteiger charge is 2.50. The summed E-state index contributed by atoms with van der Waals surface area (Å²) in [7, 11) is 1.79. The largest absolute Gasteiger partial charge is 0.496 e. The molecule has 2 N–H and O–H groups in total. The van der Waals surface area contributed by atoms with Crippen molar-refractivity contribution in [1.29, 1.82) is 0 Å². The predicted molar refractivity (Wildman–Crippen MR) is 159 cm³/mol. The van der Waals surface area contributed by atoms with E-state index in [1.54, 1.807) is 18.4 Å². The highest BCUT2D eigenvalue weighted by molar-refractivity contribution is 7.13. The van der Waals surface area contributed by atoms with Gasteiger partial charge in [0.15, 0.2) is 5.13 Å². The molecule has 6 heteroatoms. The maximum atomic E-state index is 5.79. The van der Waals surface area contributed by atoms with Crippen LogP contribution >= 0.6 is 11.3 Å². The third kappa shape index (κ3) is 6.08. The molecule has 204 valence electrons. The third-order valence-corrected chi connectivity index (χ3v) is 9.21. The van der Waals surface area contributed by atoms with Crippen molar-refractivity contribution in [2.24, 2.45) is 5.92 Å². The molecule has 1 aliphatic carbocycles. The van der Waals surface area contributed by atoms with Crippen molar-refractivity contribution < 1.29 is 4.74 Å². The number of likely N-dealkylation sites (tertiary alicyclic amines) is 1. The Kier molecular flexibility index (Phi) is 8.71. The zero-order valence-corrected chi connectivity index (χ0v) is 24.3. The fourth-order valence-electron chi connectivity index (χ4n) is 6.60. The first-order chi connectivity index (χ1) is 18.5. The first kappa shape index (κ1) is 27.2. The summed E-state index contributed by atoms with van der Waals surface area (Å²) in [5, 5.41) is 10.6. The molecular formula is C32H44N4OS. The summed E-state index contributed by atoms with van der Waals surface area (Å²) in [6.45, 7) is 9.79. The Morgan fingerprint density at radius 2 is 1.92 bits per heavy atom. The first-order valence-corrected chi connectivity index (χ1v) is 15.2. The number of thiazole rings is 1. The monoisotopic (exact) mass is 532 g/mol. The fraction of sp³-hybridized carbons (Fsp3) is 0.531. The van der Waals surface area contributed by atoms with Crippen molar-refractivity contribution in [3.05, 3.63) is 76.8 Å². The molecule has 0 spiro atoms. The van der Waals surface area contributed by atoms with Crippen LogP contribution in [0.2, 0.25) is 0 Å². The summed E-state index contributed by atoms with van der Waals surface area (Å²) < 4.78 is 5.79. The van der Waals surface area contributed by atoms with Gasteiger partial charge in [0.2, 0.25) is 0 Å². The lowest BCUT2D eigenvalue weighted by Gasteiger charge is -2.32. The quantitative estimate of drug-likeness (QED) is 0.260. The van der Waals surface area contributed by atoms with E-state index in [2.05, 4.69) is 89.8 Å². The second kappa shape index (κ2) is 12.2. The maximum Gasteiger partial charge on any atom is 0.182 e. The first-order valence-electron chi connectivity index (χ1n) is 14.3. The molecule has 3 aromatic rings. The molecule has 5 nitrogen and oxygen atoms in total. The van der Waals surface area contributed by atoms with Crippen LogP contribution < -0.4 is 15.4 Å². The maximum absolute atomic E-state index is 5.79. The molecule has 2 heterocycles. The van der Waals surface area contributed by atoms with Crippen LogP contribution in [-0.4, -0.2) is 42.2 Å². The Bertz CT molecular complexity index is 1140. The van der Waals surface area contributed by atoms with Crippen LogP contribution in [0, 0.1) is 5.92 Å². The molecule has 0 radical (unpaired) electrons. The average Bonchev–Trinajstić information content (AvgIpc) is 3.66. The van der Waals surface area contributed by atoms with Gasteiger partial charge in [-0.2, -0.15) is 0 Å². The minimum absolute atomic E-state index is 0.114. The van der Waals surface area contributed by atoms with Gasteiger partial charge in [0.05, 0.1) is 13.2 Å². The van der Waals surface area contributed by atoms with E-state index in [9.17, 15) is 0 Å². The lowest BCUT2D eigenvalue weighted by atomic mass is 9.86. The van der Waals surface area contributed by atoms with Gasteiger partial charge in [-0.15, -0.1) is 11.3 Å². The van der Waals surface area contributed by atoms with Crippen molar-refractivity contribution in [3.8, 4) is 5.75 Å². The van der Waals surface area contributed by atoms with Crippen LogP contribution in [0.15, 0.2) is 60.1 Å². The lowest BCUT2D eigenvalue weighted by Crippen LogP contribution is -2.39. The summed E-state index contributed by atoms with van der Waals surface area (Å²) in [6.07, 6.45) is 8.17. The smallest absolute Gasteiger partial charge is 0.182 e. The summed E-state index contributed by atoms with van der Waals surface area (Å²) >= 11 is 1.68. The van der Waals surface area contributed by atoms with Crippen molar-refractivity contribution in [2.75, 3.05) is 25.5 Å². The lowest BCUT2D eigenvalue weighted by molar-refractivity contribution is 0.177. The molecule has 1 aromatic heterocycles. The SMILES string of the molecule is COc1ccc(C(C)(C)C)cc1CNC1C2CCCC2N(CCCCNc2nccs2)C1c1ccccc1. The van der Waals surface area contributed by atoms with Gasteiger partial charge in [-0.05, 0) is 60.8 Å². The number of methoxy groups -OCH3 is 1. The van der Waals surface area contributed by atoms with Gasteiger partial charge in [0.25, 0.3) is 0 Å². The van der Waals surface area contributed by atoms with Crippen LogP contribution in [0.3, 0.4) is 0 Å². The van der Waals surface area contributed by atoms with Gasteiger partial charge in [-0.25, -0.2) is 4.98 Å². The van der Waals surface area contributed by atoms with E-state index in [1.165, 1.54) is 42.4 Å². The minimum Gasteiger partial charge on any atom is -0.496 e. The minimum atomic E-state index is 0.114. The van der Waals surface area contributed by atoms with Gasteiger partial charge in [-0.1, -0.05) is 69.7 Å². The normalized spacial score (nSPS) is 23.5. The zero-order chi connectivity index (χ0) is 26.5. The van der Waals surface area contributed by atoms with Crippen molar-refractivity contribution in [2.45, 2.75) is 83.0 Å². The summed E-state index contributed by atoms with van der Waals surface area (Å²) in [5.74, 6) is 1.66. The fourth-order valence-corrected chi connectivity index (χ4v) is 7.16. The summed E-state index contributed by atoms with van der Waals surface area (Å²) in [6, 6.07) is 19.4. The molecule has 4 unspecified atom stereocenters. The standard InChI is InChI=1S/C32H44N4OS/c1-32(2,3)25-15-16-28(37-4)24(21-25)22-35-29-26-13-10-14-27(26)36(30(29)23-11-6-5-7-12-23)19-9-8-17-33-31-34-18-20-38-31/h5-7,11-12,15-16,18,20-21,26-27,29-30,35H,8-10,13-14,17,19,22H2,1-4H3,(H,33,34). The summed E-state index contributed by atoms with van der Waals surface area (Å²) in [4.78, 5) is 7.20. The van der Waals surface area contributed by atoms with E-state index in [1.807, 2.05) is 11.6 Å². The predicted octanol–water partition coefficient (Wildman–Crippen LogP) is 7.03. The number of ether oxygens (including phenoxy) is 1. The topological polar surface area (TPSA) is 49.4 Å². The summed E-state index contributed by atoms with van der Waals surface area (Å²) in [5.41, 5.74) is 4.17. The van der Waals surface area contributed by atoms with Gasteiger partial charge in [0, 0.05) is 42.3 Å². The Balaban J connectivity index is 1.32. The van der Waals surface area contributed by atoms with E-state index in [0.29, 0.717) is 24.0 Å². The molecule has 1 saturated heterocycles. The Morgan fingerprint density at radius 3 is 2.66 bits per heavy atom. The highest BCUT2D eigenvalue weighted by atomic mass is 32.1. The number of fused-ring (bicyclic) bond motifs is 1. The van der Waals surface area contributed by atoms with Crippen LogP contribution in [0.1, 0.15) is 75.6 Å². The molecule has 0 bridgehead atoms. The highest BCUT2D eigenvalue weighted by Crippen LogP contribution is 2.48. The molecule has 4 atom stereocenters. The number of anilines is 1. The number of rotatable bonds is 11. The van der Waals surface area contributed by atoms with Gasteiger partial charge >= 0.3 is 0 Å². The van der Waals surface area contributed by atoms with Crippen LogP contribution in [0.25, 0.3) is 0 Å².